The molecular weight excluding hydrogens is 268 g/mol. The van der Waals surface area contributed by atoms with Crippen LogP contribution in [-0.2, 0) is 9.05 Å². The van der Waals surface area contributed by atoms with Gasteiger partial charge in [-0.05, 0) is 42.7 Å². The van der Waals surface area contributed by atoms with Gasteiger partial charge in [0, 0.05) is 10.7 Å². The quantitative estimate of drug-likeness (QED) is 0.782. The van der Waals surface area contributed by atoms with E-state index in [1.807, 2.05) is 44.2 Å². The van der Waals surface area contributed by atoms with Gasteiger partial charge in [-0.15, -0.1) is 0 Å². The molecule has 0 atom stereocenters. The maximum Gasteiger partial charge on any atom is 0.261 e. The first-order valence-electron chi connectivity index (χ1n) is 5.50. The van der Waals surface area contributed by atoms with Crippen LogP contribution in [0.5, 0.6) is 0 Å². The molecule has 0 N–H and O–H groups in total. The molecule has 94 valence electrons. The van der Waals surface area contributed by atoms with Crippen molar-refractivity contribution in [3.8, 4) is 11.1 Å². The van der Waals surface area contributed by atoms with Gasteiger partial charge in [-0.3, -0.25) is 0 Å². The summed E-state index contributed by atoms with van der Waals surface area (Å²) < 4.78 is 22.8. The molecule has 0 fully saturated rings. The Balaban J connectivity index is 2.59. The van der Waals surface area contributed by atoms with Gasteiger partial charge in [-0.2, -0.15) is 0 Å². The molecule has 0 amide bonds. The molecule has 0 aromatic heterocycles. The van der Waals surface area contributed by atoms with Crippen molar-refractivity contribution >= 4 is 19.7 Å². The van der Waals surface area contributed by atoms with E-state index in [1.165, 1.54) is 0 Å². The van der Waals surface area contributed by atoms with E-state index in [1.54, 1.807) is 12.1 Å². The van der Waals surface area contributed by atoms with E-state index in [4.69, 9.17) is 10.7 Å². The summed E-state index contributed by atoms with van der Waals surface area (Å²) in [6.45, 7) is 3.86. The number of hydrogen-bond acceptors (Lipinski definition) is 2. The third-order valence-electron chi connectivity index (χ3n) is 2.72. The van der Waals surface area contributed by atoms with E-state index in [0.29, 0.717) is 0 Å². The lowest BCUT2D eigenvalue weighted by atomic mass is 10.0. The minimum atomic E-state index is -3.69. The second-order valence-electron chi connectivity index (χ2n) is 4.34. The Morgan fingerprint density at radius 3 is 2.00 bits per heavy atom. The Hall–Kier alpha value is -1.32. The number of benzene rings is 2. The summed E-state index contributed by atoms with van der Waals surface area (Å²) in [6.07, 6.45) is 0. The summed E-state index contributed by atoms with van der Waals surface area (Å²) in [5.74, 6) is 0. The number of rotatable bonds is 2. The van der Waals surface area contributed by atoms with Crippen LogP contribution in [-0.4, -0.2) is 8.42 Å². The van der Waals surface area contributed by atoms with Gasteiger partial charge < -0.3 is 0 Å². The molecule has 0 radical (unpaired) electrons. The molecule has 0 unspecified atom stereocenters. The first-order chi connectivity index (χ1) is 8.36. The van der Waals surface area contributed by atoms with E-state index in [0.717, 1.165) is 22.3 Å². The van der Waals surface area contributed by atoms with Gasteiger partial charge in [0.15, 0.2) is 0 Å². The number of halogens is 1. The molecule has 0 aliphatic carbocycles. The van der Waals surface area contributed by atoms with Gasteiger partial charge in [0.05, 0.1) is 4.90 Å². The molecule has 0 aliphatic rings. The zero-order chi connectivity index (χ0) is 13.3. The first kappa shape index (κ1) is 13.1. The monoisotopic (exact) mass is 280 g/mol. The van der Waals surface area contributed by atoms with Crippen LogP contribution >= 0.6 is 10.7 Å². The van der Waals surface area contributed by atoms with Gasteiger partial charge in [0.25, 0.3) is 9.05 Å². The van der Waals surface area contributed by atoms with Crippen LogP contribution in [0.15, 0.2) is 47.4 Å². The average molecular weight is 281 g/mol. The largest absolute Gasteiger partial charge is 0.261 e. The SMILES string of the molecule is Cc1ccc(-c2cc(C)cc(S(=O)(=O)Cl)c2)cc1. The van der Waals surface area contributed by atoms with Crippen molar-refractivity contribution < 1.29 is 8.42 Å². The summed E-state index contributed by atoms with van der Waals surface area (Å²) in [5.41, 5.74) is 3.86. The van der Waals surface area contributed by atoms with E-state index < -0.39 is 9.05 Å². The summed E-state index contributed by atoms with van der Waals surface area (Å²) in [5, 5.41) is 0. The van der Waals surface area contributed by atoms with Crippen molar-refractivity contribution in [3.63, 3.8) is 0 Å². The zero-order valence-corrected chi connectivity index (χ0v) is 11.7. The highest BCUT2D eigenvalue weighted by molar-refractivity contribution is 8.13. The maximum atomic E-state index is 11.4. The Bertz CT molecular complexity index is 673. The molecule has 0 heterocycles. The van der Waals surface area contributed by atoms with Gasteiger partial charge >= 0.3 is 0 Å². The summed E-state index contributed by atoms with van der Waals surface area (Å²) in [6, 6.07) is 13.0. The predicted molar refractivity (Wildman–Crippen MR) is 74.4 cm³/mol. The maximum absolute atomic E-state index is 11.4. The molecule has 0 spiro atoms. The normalized spacial score (nSPS) is 11.5. The molecule has 2 rings (SSSR count). The van der Waals surface area contributed by atoms with Crippen LogP contribution in [0.1, 0.15) is 11.1 Å². The van der Waals surface area contributed by atoms with Crippen molar-refractivity contribution in [2.45, 2.75) is 18.7 Å². The van der Waals surface area contributed by atoms with E-state index in [2.05, 4.69) is 0 Å². The van der Waals surface area contributed by atoms with Gasteiger partial charge in [-0.25, -0.2) is 8.42 Å². The molecule has 0 saturated heterocycles. The second-order valence-corrected chi connectivity index (χ2v) is 6.90. The highest BCUT2D eigenvalue weighted by Crippen LogP contribution is 2.26. The third-order valence-corrected chi connectivity index (χ3v) is 4.05. The molecule has 4 heteroatoms. The van der Waals surface area contributed by atoms with Gasteiger partial charge in [-0.1, -0.05) is 35.9 Å². The summed E-state index contributed by atoms with van der Waals surface area (Å²) in [4.78, 5) is 0.139. The Kier molecular flexibility index (Phi) is 3.46. The third kappa shape index (κ3) is 2.92. The van der Waals surface area contributed by atoms with Crippen molar-refractivity contribution in [1.29, 1.82) is 0 Å². The minimum absolute atomic E-state index is 0.139. The summed E-state index contributed by atoms with van der Waals surface area (Å²) in [7, 11) is 1.70. The zero-order valence-electron chi connectivity index (χ0n) is 10.1. The van der Waals surface area contributed by atoms with E-state index >= 15 is 0 Å². The molecule has 2 aromatic rings. The predicted octanol–water partition coefficient (Wildman–Crippen LogP) is 3.90. The van der Waals surface area contributed by atoms with Crippen LogP contribution in [0.3, 0.4) is 0 Å². The lowest BCUT2D eigenvalue weighted by Crippen LogP contribution is -1.92. The molecule has 18 heavy (non-hydrogen) atoms. The Morgan fingerprint density at radius 1 is 0.833 bits per heavy atom. The second kappa shape index (κ2) is 4.75. The molecule has 2 aromatic carbocycles. The lowest BCUT2D eigenvalue weighted by molar-refractivity contribution is 0.609. The lowest BCUT2D eigenvalue weighted by Gasteiger charge is -2.06. The van der Waals surface area contributed by atoms with Crippen LogP contribution in [0, 0.1) is 13.8 Å². The number of aryl methyl sites for hydroxylation is 2. The Labute approximate surface area is 112 Å². The number of hydrogen-bond donors (Lipinski definition) is 0. The standard InChI is InChI=1S/C14H13ClO2S/c1-10-3-5-12(6-4-10)13-7-11(2)8-14(9-13)18(15,16)17/h3-9H,1-2H3. The van der Waals surface area contributed by atoms with Crippen LogP contribution in [0.4, 0.5) is 0 Å². The highest BCUT2D eigenvalue weighted by atomic mass is 35.7. The smallest absolute Gasteiger partial charge is 0.207 e. The van der Waals surface area contributed by atoms with Gasteiger partial charge in [0.1, 0.15) is 0 Å². The minimum Gasteiger partial charge on any atom is -0.207 e. The molecule has 0 saturated carbocycles. The van der Waals surface area contributed by atoms with Crippen molar-refractivity contribution in [1.82, 2.24) is 0 Å². The topological polar surface area (TPSA) is 34.1 Å². The van der Waals surface area contributed by atoms with Crippen LogP contribution < -0.4 is 0 Å². The van der Waals surface area contributed by atoms with Crippen LogP contribution in [0.2, 0.25) is 0 Å². The van der Waals surface area contributed by atoms with Crippen LogP contribution in [0.25, 0.3) is 11.1 Å². The summed E-state index contributed by atoms with van der Waals surface area (Å²) >= 11 is 0. The van der Waals surface area contributed by atoms with E-state index in [9.17, 15) is 8.42 Å². The van der Waals surface area contributed by atoms with Gasteiger partial charge in [0.2, 0.25) is 0 Å². The average Bonchev–Trinajstić information content (AvgIpc) is 2.28. The molecule has 0 bridgehead atoms. The fourth-order valence-corrected chi connectivity index (χ4v) is 2.66. The van der Waals surface area contributed by atoms with Crippen molar-refractivity contribution in [2.24, 2.45) is 0 Å². The fraction of sp³-hybridized carbons (Fsp3) is 0.143. The highest BCUT2D eigenvalue weighted by Gasteiger charge is 2.12. The van der Waals surface area contributed by atoms with Crippen molar-refractivity contribution in [3.05, 3.63) is 53.6 Å². The van der Waals surface area contributed by atoms with Crippen molar-refractivity contribution in [2.75, 3.05) is 0 Å². The molecule has 2 nitrogen and oxygen atoms in total. The molecule has 0 aliphatic heterocycles. The Morgan fingerprint density at radius 2 is 1.44 bits per heavy atom. The fourth-order valence-electron chi connectivity index (χ4n) is 1.80. The molecular formula is C14H13ClO2S. The van der Waals surface area contributed by atoms with E-state index in [-0.39, 0.29) is 4.90 Å². The first-order valence-corrected chi connectivity index (χ1v) is 7.80.